The molecule has 0 aromatic heterocycles. The molecule has 1 N–H and O–H groups in total. The maximum atomic E-state index is 13.5. The highest BCUT2D eigenvalue weighted by Gasteiger charge is 2.57. The summed E-state index contributed by atoms with van der Waals surface area (Å²) >= 11 is 0. The van der Waals surface area contributed by atoms with Gasteiger partial charge in [-0.2, -0.15) is 5.01 Å². The van der Waals surface area contributed by atoms with Crippen LogP contribution in [0.15, 0.2) is 53.4 Å². The molecule has 0 bridgehead atoms. The number of carbonyl (C=O) groups is 2. The van der Waals surface area contributed by atoms with E-state index >= 15 is 0 Å². The molecule has 1 unspecified atom stereocenters. The van der Waals surface area contributed by atoms with Crippen molar-refractivity contribution >= 4 is 21.7 Å². The first kappa shape index (κ1) is 25.2. The van der Waals surface area contributed by atoms with Crippen molar-refractivity contribution in [2.75, 3.05) is 26.1 Å². The van der Waals surface area contributed by atoms with Gasteiger partial charge >= 0.3 is 5.97 Å². The zero-order valence-corrected chi connectivity index (χ0v) is 20.7. The Kier molecular flexibility index (Phi) is 7.16. The molecular formula is C25H30N2O7S. The molecule has 0 saturated carbocycles. The van der Waals surface area contributed by atoms with E-state index in [4.69, 9.17) is 9.47 Å². The molecule has 2 aromatic carbocycles. The van der Waals surface area contributed by atoms with Crippen LogP contribution >= 0.6 is 0 Å². The topological polar surface area (TPSA) is 113 Å². The van der Waals surface area contributed by atoms with Crippen molar-refractivity contribution < 1.29 is 32.6 Å². The van der Waals surface area contributed by atoms with Crippen molar-refractivity contribution in [1.82, 2.24) is 10.0 Å². The molecule has 0 aliphatic carbocycles. The Morgan fingerprint density at radius 1 is 1.26 bits per heavy atom. The Balaban J connectivity index is 1.80. The van der Waals surface area contributed by atoms with Gasteiger partial charge in [0.15, 0.2) is 11.5 Å². The number of methoxy groups -OCH3 is 1. The molecule has 1 amide bonds. The van der Waals surface area contributed by atoms with E-state index in [9.17, 15) is 23.1 Å². The number of hydrazine groups is 1. The summed E-state index contributed by atoms with van der Waals surface area (Å²) in [7, 11) is -2.46. The van der Waals surface area contributed by atoms with Gasteiger partial charge in [0.05, 0.1) is 12.0 Å². The molecule has 2 aliphatic heterocycles. The van der Waals surface area contributed by atoms with E-state index < -0.39 is 39.3 Å². The van der Waals surface area contributed by atoms with Gasteiger partial charge in [-0.15, -0.1) is 0 Å². The molecule has 1 spiro atoms. The molecule has 10 heteroatoms. The molecule has 188 valence electrons. The number of carbonyl (C=O) groups excluding carboxylic acids is 2. The quantitative estimate of drug-likeness (QED) is 0.573. The second kappa shape index (κ2) is 9.96. The largest absolute Gasteiger partial charge is 0.497 e. The molecular weight excluding hydrogens is 472 g/mol. The van der Waals surface area contributed by atoms with Crippen LogP contribution in [0.4, 0.5) is 0 Å². The number of aliphatic hydroxyl groups is 1. The number of benzene rings is 2. The first-order chi connectivity index (χ1) is 16.7. The molecule has 1 saturated heterocycles. The van der Waals surface area contributed by atoms with Crippen LogP contribution in [0.5, 0.6) is 5.75 Å². The minimum atomic E-state index is -3.92. The van der Waals surface area contributed by atoms with E-state index in [0.717, 1.165) is 5.56 Å². The minimum absolute atomic E-state index is 0.0234. The highest BCUT2D eigenvalue weighted by molar-refractivity contribution is 7.91. The number of esters is 1. The zero-order valence-electron chi connectivity index (χ0n) is 19.8. The molecule has 2 heterocycles. The summed E-state index contributed by atoms with van der Waals surface area (Å²) in [6.07, 6.45) is 0.119. The number of fused-ring (bicyclic) bond motifs is 2. The lowest BCUT2D eigenvalue weighted by molar-refractivity contribution is -0.182. The van der Waals surface area contributed by atoms with Crippen LogP contribution in [-0.2, 0) is 36.1 Å². The van der Waals surface area contributed by atoms with Crippen molar-refractivity contribution in [1.29, 1.82) is 0 Å². The Bertz CT molecular complexity index is 1200. The van der Waals surface area contributed by atoms with Crippen LogP contribution < -0.4 is 4.74 Å². The lowest BCUT2D eigenvalue weighted by Gasteiger charge is -2.43. The Hall–Kier alpha value is -2.95. The van der Waals surface area contributed by atoms with Gasteiger partial charge in [0.2, 0.25) is 9.84 Å². The standard InChI is InChI=1S/C25H30N2O7S/c1-3-13-26(23(29)21(28)15-18-8-5-4-6-9-18)27-14-7-12-25(27)20-16-19(33-2)10-11-22(20)35(31,32)17-34-24(25)30/h4-6,8-11,16,21,28H,3,7,12-15,17H2,1-2H3/t21?,25-/m1/s1. The van der Waals surface area contributed by atoms with Crippen LogP contribution in [0.25, 0.3) is 0 Å². The number of ether oxygens (including phenoxy) is 2. The summed E-state index contributed by atoms with van der Waals surface area (Å²) in [5.74, 6) is -1.69. The van der Waals surface area contributed by atoms with Crippen molar-refractivity contribution in [3.63, 3.8) is 0 Å². The monoisotopic (exact) mass is 502 g/mol. The van der Waals surface area contributed by atoms with E-state index in [1.807, 2.05) is 37.3 Å². The first-order valence-corrected chi connectivity index (χ1v) is 13.3. The summed E-state index contributed by atoms with van der Waals surface area (Å²) in [5.41, 5.74) is -0.510. The van der Waals surface area contributed by atoms with Gasteiger partial charge in [-0.25, -0.2) is 13.2 Å². The Labute approximate surface area is 205 Å². The molecule has 35 heavy (non-hydrogen) atoms. The number of nitrogens with zero attached hydrogens (tertiary/aromatic N) is 2. The molecule has 2 aromatic rings. The van der Waals surface area contributed by atoms with Gasteiger partial charge in [0, 0.05) is 25.1 Å². The average Bonchev–Trinajstić information content (AvgIpc) is 3.28. The third-order valence-corrected chi connectivity index (χ3v) is 7.99. The normalized spacial score (nSPS) is 22.2. The fraction of sp³-hybridized carbons (Fsp3) is 0.440. The predicted octanol–water partition coefficient (Wildman–Crippen LogP) is 2.03. The number of hydrogen-bond donors (Lipinski definition) is 1. The van der Waals surface area contributed by atoms with Gasteiger partial charge < -0.3 is 14.6 Å². The van der Waals surface area contributed by atoms with E-state index in [-0.39, 0.29) is 29.8 Å². The smallest absolute Gasteiger partial charge is 0.334 e. The summed E-state index contributed by atoms with van der Waals surface area (Å²) in [6.45, 7) is 2.45. The lowest BCUT2D eigenvalue weighted by atomic mass is 9.87. The average molecular weight is 503 g/mol. The van der Waals surface area contributed by atoms with Gasteiger partial charge in [0.25, 0.3) is 5.91 Å². The summed E-state index contributed by atoms with van der Waals surface area (Å²) < 4.78 is 36.6. The number of sulfone groups is 1. The van der Waals surface area contributed by atoms with E-state index in [1.165, 1.54) is 30.3 Å². The SMILES string of the molecule is CCCN(C(=O)C(O)Cc1ccccc1)N1CCC[C@@]12C(=O)OCS(=O)(=O)c1ccc(OC)cc12. The third kappa shape index (κ3) is 4.53. The second-order valence-electron chi connectivity index (χ2n) is 8.78. The number of rotatable bonds is 7. The van der Waals surface area contributed by atoms with E-state index in [0.29, 0.717) is 25.1 Å². The predicted molar refractivity (Wildman–Crippen MR) is 127 cm³/mol. The minimum Gasteiger partial charge on any atom is -0.497 e. The summed E-state index contributed by atoms with van der Waals surface area (Å²) in [4.78, 5) is 27.0. The molecule has 2 aliphatic rings. The number of amides is 1. The molecule has 0 radical (unpaired) electrons. The maximum absolute atomic E-state index is 13.5. The van der Waals surface area contributed by atoms with E-state index in [2.05, 4.69) is 0 Å². The second-order valence-corrected chi connectivity index (χ2v) is 10.7. The number of aliphatic hydroxyl groups excluding tert-OH is 1. The van der Waals surface area contributed by atoms with Gasteiger partial charge in [-0.05, 0) is 43.0 Å². The highest BCUT2D eigenvalue weighted by atomic mass is 32.2. The molecule has 4 rings (SSSR count). The van der Waals surface area contributed by atoms with Crippen molar-refractivity contribution in [2.45, 2.75) is 49.1 Å². The van der Waals surface area contributed by atoms with Crippen LogP contribution in [0, 0.1) is 0 Å². The third-order valence-electron chi connectivity index (χ3n) is 6.54. The fourth-order valence-corrected chi connectivity index (χ4v) is 6.15. The van der Waals surface area contributed by atoms with Gasteiger partial charge in [-0.1, -0.05) is 37.3 Å². The van der Waals surface area contributed by atoms with Crippen molar-refractivity contribution in [3.05, 3.63) is 59.7 Å². The van der Waals surface area contributed by atoms with Crippen molar-refractivity contribution in [3.8, 4) is 5.75 Å². The van der Waals surface area contributed by atoms with Crippen LogP contribution in [0.3, 0.4) is 0 Å². The van der Waals surface area contributed by atoms with Crippen molar-refractivity contribution in [2.24, 2.45) is 0 Å². The summed E-state index contributed by atoms with van der Waals surface area (Å²) in [6, 6.07) is 13.6. The summed E-state index contributed by atoms with van der Waals surface area (Å²) in [5, 5.41) is 13.8. The molecule has 2 atom stereocenters. The molecule has 1 fully saturated rings. The fourth-order valence-electron chi connectivity index (χ4n) is 4.93. The molecule has 9 nitrogen and oxygen atoms in total. The van der Waals surface area contributed by atoms with Crippen LogP contribution in [0.2, 0.25) is 0 Å². The lowest BCUT2D eigenvalue weighted by Crippen LogP contribution is -2.60. The van der Waals surface area contributed by atoms with Crippen LogP contribution in [-0.4, -0.2) is 67.7 Å². The maximum Gasteiger partial charge on any atom is 0.334 e. The Morgan fingerprint density at radius 3 is 2.69 bits per heavy atom. The zero-order chi connectivity index (χ0) is 25.2. The van der Waals surface area contributed by atoms with Gasteiger partial charge in [-0.3, -0.25) is 9.80 Å². The number of cyclic esters (lactones) is 1. The number of hydrogen-bond acceptors (Lipinski definition) is 8. The van der Waals surface area contributed by atoms with Crippen LogP contribution in [0.1, 0.15) is 37.3 Å². The van der Waals surface area contributed by atoms with Gasteiger partial charge in [0.1, 0.15) is 11.9 Å². The first-order valence-electron chi connectivity index (χ1n) is 11.6. The van der Waals surface area contributed by atoms with E-state index in [1.54, 1.807) is 5.01 Å². The highest BCUT2D eigenvalue weighted by Crippen LogP contribution is 2.46. The Morgan fingerprint density at radius 2 is 2.00 bits per heavy atom.